The fourth-order valence-electron chi connectivity index (χ4n) is 1.55. The highest BCUT2D eigenvalue weighted by Gasteiger charge is 2.21. The summed E-state index contributed by atoms with van der Waals surface area (Å²) in [4.78, 5) is 36.3. The fraction of sp³-hybridized carbons (Fsp3) is 0.182. The van der Waals surface area contributed by atoms with E-state index in [2.05, 4.69) is 10.3 Å². The predicted molar refractivity (Wildman–Crippen MR) is 74.6 cm³/mol. The number of carbonyl (C=O) groups excluding carboxylic acids is 2. The maximum Gasteiger partial charge on any atom is 0.274 e. The van der Waals surface area contributed by atoms with Gasteiger partial charge in [0.15, 0.2) is 5.17 Å². The van der Waals surface area contributed by atoms with E-state index in [-0.39, 0.29) is 28.1 Å². The van der Waals surface area contributed by atoms with Crippen LogP contribution in [0.1, 0.15) is 12.0 Å². The number of amides is 2. The van der Waals surface area contributed by atoms with Gasteiger partial charge in [0, 0.05) is 11.8 Å². The molecule has 0 aromatic heterocycles. The summed E-state index contributed by atoms with van der Waals surface area (Å²) in [6, 6.07) is 4.36. The largest absolute Gasteiger partial charge is 0.305 e. The Hall–Kier alpha value is -1.93. The Morgan fingerprint density at radius 1 is 1.45 bits per heavy atom. The Morgan fingerprint density at radius 3 is 2.85 bits per heavy atom. The first-order chi connectivity index (χ1) is 9.47. The quantitative estimate of drug-likeness (QED) is 0.521. The summed E-state index contributed by atoms with van der Waals surface area (Å²) in [5, 5.41) is 13.7. The molecular weight excluding hydrogens is 306 g/mol. The molecule has 1 aromatic rings. The van der Waals surface area contributed by atoms with Crippen molar-refractivity contribution in [3.8, 4) is 0 Å². The van der Waals surface area contributed by atoms with Crippen LogP contribution in [0.15, 0.2) is 23.2 Å². The first-order valence-corrected chi connectivity index (χ1v) is 6.79. The lowest BCUT2D eigenvalue weighted by atomic mass is 10.2. The second-order valence-electron chi connectivity index (χ2n) is 3.82. The van der Waals surface area contributed by atoms with Gasteiger partial charge in [-0.1, -0.05) is 29.4 Å². The van der Waals surface area contributed by atoms with Gasteiger partial charge in [0.05, 0.1) is 15.5 Å². The van der Waals surface area contributed by atoms with Crippen molar-refractivity contribution in [2.45, 2.75) is 12.2 Å². The maximum atomic E-state index is 11.2. The number of hydrogen-bond donors (Lipinski definition) is 1. The second kappa shape index (κ2) is 6.02. The maximum absolute atomic E-state index is 11.2. The molecule has 104 valence electrons. The number of nitro groups is 1. The van der Waals surface area contributed by atoms with E-state index in [0.29, 0.717) is 5.56 Å². The van der Waals surface area contributed by atoms with E-state index in [1.54, 1.807) is 0 Å². The fourth-order valence-corrected chi connectivity index (χ4v) is 2.80. The normalized spacial score (nSPS) is 14.8. The van der Waals surface area contributed by atoms with Crippen LogP contribution in [-0.2, 0) is 15.3 Å². The van der Waals surface area contributed by atoms with Crippen LogP contribution in [0.5, 0.6) is 0 Å². The summed E-state index contributed by atoms with van der Waals surface area (Å²) >= 11 is 6.95. The minimum Gasteiger partial charge on any atom is -0.305 e. The molecule has 0 unspecified atom stereocenters. The summed E-state index contributed by atoms with van der Waals surface area (Å²) in [5.74, 6) is -0.853. The Kier molecular flexibility index (Phi) is 4.35. The number of rotatable bonds is 3. The zero-order valence-corrected chi connectivity index (χ0v) is 11.5. The third-order valence-corrected chi connectivity index (χ3v) is 3.68. The van der Waals surface area contributed by atoms with E-state index in [0.717, 1.165) is 11.8 Å². The molecule has 0 spiro atoms. The molecule has 7 nitrogen and oxygen atoms in total. The topological polar surface area (TPSA) is 102 Å². The van der Waals surface area contributed by atoms with Gasteiger partial charge < -0.3 is 5.32 Å². The van der Waals surface area contributed by atoms with E-state index in [1.807, 2.05) is 0 Å². The van der Waals surface area contributed by atoms with Crippen LogP contribution in [0.4, 0.5) is 5.69 Å². The first-order valence-electron chi connectivity index (χ1n) is 5.43. The number of halogens is 1. The van der Waals surface area contributed by atoms with Crippen molar-refractivity contribution in [3.05, 3.63) is 38.9 Å². The van der Waals surface area contributed by atoms with Crippen molar-refractivity contribution in [2.75, 3.05) is 0 Å². The smallest absolute Gasteiger partial charge is 0.274 e. The van der Waals surface area contributed by atoms with Gasteiger partial charge in [-0.25, -0.2) is 0 Å². The van der Waals surface area contributed by atoms with Crippen LogP contribution in [0, 0.1) is 10.1 Å². The highest BCUT2D eigenvalue weighted by Crippen LogP contribution is 2.30. The SMILES string of the molecule is O=C1CC(=O)NC(SCc2c(Cl)cccc2[N+](=O)[O-])=N1. The summed E-state index contributed by atoms with van der Waals surface area (Å²) < 4.78 is 0. The molecule has 0 atom stereocenters. The molecule has 2 rings (SSSR count). The van der Waals surface area contributed by atoms with E-state index >= 15 is 0 Å². The number of hydrogen-bond acceptors (Lipinski definition) is 5. The Labute approximate surface area is 122 Å². The molecule has 0 bridgehead atoms. The predicted octanol–water partition coefficient (Wildman–Crippen LogP) is 1.88. The number of amidine groups is 1. The summed E-state index contributed by atoms with van der Waals surface area (Å²) in [6.07, 6.45) is -0.281. The molecule has 1 aliphatic rings. The molecule has 1 heterocycles. The van der Waals surface area contributed by atoms with Crippen LogP contribution >= 0.6 is 23.4 Å². The molecule has 1 N–H and O–H groups in total. The monoisotopic (exact) mass is 313 g/mol. The van der Waals surface area contributed by atoms with Crippen molar-refractivity contribution < 1.29 is 14.5 Å². The van der Waals surface area contributed by atoms with Gasteiger partial charge in [0.1, 0.15) is 6.42 Å². The molecule has 9 heteroatoms. The third-order valence-electron chi connectivity index (χ3n) is 2.43. The highest BCUT2D eigenvalue weighted by atomic mass is 35.5. The van der Waals surface area contributed by atoms with Gasteiger partial charge in [-0.15, -0.1) is 0 Å². The van der Waals surface area contributed by atoms with Gasteiger partial charge in [-0.05, 0) is 6.07 Å². The number of carbonyl (C=O) groups is 2. The summed E-state index contributed by atoms with van der Waals surface area (Å²) in [6.45, 7) is 0. The Morgan fingerprint density at radius 2 is 2.20 bits per heavy atom. The lowest BCUT2D eigenvalue weighted by Crippen LogP contribution is -2.34. The third kappa shape index (κ3) is 3.34. The molecule has 2 amide bonds. The summed E-state index contributed by atoms with van der Waals surface area (Å²) in [7, 11) is 0. The van der Waals surface area contributed by atoms with Gasteiger partial charge in [-0.2, -0.15) is 4.99 Å². The minimum absolute atomic E-state index is 0.112. The number of aliphatic imine (C=N–C) groups is 1. The number of benzene rings is 1. The number of nitro benzene ring substituents is 1. The van der Waals surface area contributed by atoms with Crippen LogP contribution in [-0.4, -0.2) is 21.9 Å². The molecule has 0 fully saturated rings. The number of nitrogens with one attached hydrogen (secondary N) is 1. The zero-order valence-electron chi connectivity index (χ0n) is 9.96. The summed E-state index contributed by atoms with van der Waals surface area (Å²) in [5.41, 5.74) is 0.207. The average Bonchev–Trinajstić information content (AvgIpc) is 2.35. The lowest BCUT2D eigenvalue weighted by molar-refractivity contribution is -0.385. The standard InChI is InChI=1S/C11H8ClN3O4S/c12-7-2-1-3-8(15(18)19)6(7)5-20-11-13-9(16)4-10(17)14-11/h1-3H,4-5H2,(H,13,14,16,17). The van der Waals surface area contributed by atoms with E-state index in [4.69, 9.17) is 11.6 Å². The molecule has 0 saturated heterocycles. The van der Waals surface area contributed by atoms with Crippen molar-refractivity contribution in [1.29, 1.82) is 0 Å². The van der Waals surface area contributed by atoms with Crippen LogP contribution in [0.3, 0.4) is 0 Å². The van der Waals surface area contributed by atoms with Gasteiger partial charge in [-0.3, -0.25) is 19.7 Å². The van der Waals surface area contributed by atoms with Crippen LogP contribution < -0.4 is 5.32 Å². The van der Waals surface area contributed by atoms with Crippen molar-refractivity contribution in [3.63, 3.8) is 0 Å². The van der Waals surface area contributed by atoms with Gasteiger partial charge in [0.25, 0.3) is 11.6 Å². The molecule has 20 heavy (non-hydrogen) atoms. The Bertz CT molecular complexity index is 632. The number of nitrogens with zero attached hydrogens (tertiary/aromatic N) is 2. The number of thioether (sulfide) groups is 1. The zero-order chi connectivity index (χ0) is 14.7. The second-order valence-corrected chi connectivity index (χ2v) is 5.19. The molecule has 1 aromatic carbocycles. The van der Waals surface area contributed by atoms with Gasteiger partial charge >= 0.3 is 0 Å². The van der Waals surface area contributed by atoms with E-state index in [1.165, 1.54) is 18.2 Å². The van der Waals surface area contributed by atoms with Crippen molar-refractivity contribution in [1.82, 2.24) is 5.32 Å². The average molecular weight is 314 g/mol. The Balaban J connectivity index is 2.17. The van der Waals surface area contributed by atoms with E-state index < -0.39 is 16.7 Å². The van der Waals surface area contributed by atoms with Crippen LogP contribution in [0.25, 0.3) is 0 Å². The molecule has 0 aliphatic carbocycles. The molecule has 0 radical (unpaired) electrons. The van der Waals surface area contributed by atoms with Crippen LogP contribution in [0.2, 0.25) is 5.02 Å². The highest BCUT2D eigenvalue weighted by molar-refractivity contribution is 8.13. The first kappa shape index (κ1) is 14.5. The molecular formula is C11H8ClN3O4S. The van der Waals surface area contributed by atoms with Gasteiger partial charge in [0.2, 0.25) is 5.91 Å². The minimum atomic E-state index is -0.537. The molecule has 1 aliphatic heterocycles. The lowest BCUT2D eigenvalue weighted by Gasteiger charge is -2.12. The molecule has 0 saturated carbocycles. The van der Waals surface area contributed by atoms with Crippen molar-refractivity contribution in [2.24, 2.45) is 4.99 Å². The van der Waals surface area contributed by atoms with Crippen molar-refractivity contribution >= 4 is 46.0 Å². The van der Waals surface area contributed by atoms with E-state index in [9.17, 15) is 19.7 Å².